The van der Waals surface area contributed by atoms with Crippen LogP contribution < -0.4 is 21.3 Å². The molecule has 0 aromatic rings. The molecule has 0 aliphatic heterocycles. The average molecular weight is 1150 g/mol. The SMILES string of the molecule is COC(=O)CN(CC(=O)OC)C(CCCCNC(=O)CCOCC(COCCC(=O)NCCCCC(C(=O)O)N(CC(=O)O)CC(=O)O)(COCCC(=O)NCCCCC(C(=O)O)N(CC(=O)O)CC(=O)O)NC(C)=O)C(=O)OC. The molecule has 0 heterocycles. The molecule has 0 aromatic heterocycles. The van der Waals surface area contributed by atoms with Crippen LogP contribution in [0, 0.1) is 0 Å². The molecule has 0 saturated heterocycles. The Morgan fingerprint density at radius 1 is 0.425 bits per heavy atom. The van der Waals surface area contributed by atoms with Crippen LogP contribution in [0.3, 0.4) is 0 Å². The molecule has 0 radical (unpaired) electrons. The molecule has 32 nitrogen and oxygen atoms in total. The molecule has 0 rings (SSSR count). The van der Waals surface area contributed by atoms with E-state index in [2.05, 4.69) is 30.7 Å². The van der Waals surface area contributed by atoms with E-state index in [1.165, 1.54) is 11.8 Å². The minimum Gasteiger partial charge on any atom is -0.480 e. The van der Waals surface area contributed by atoms with Gasteiger partial charge in [0.15, 0.2) is 0 Å². The third-order valence-corrected chi connectivity index (χ3v) is 11.5. The van der Waals surface area contributed by atoms with Crippen LogP contribution in [0.4, 0.5) is 0 Å². The Labute approximate surface area is 461 Å². The molecule has 3 atom stereocenters. The number of unbranched alkanes of at least 4 members (excludes halogenated alkanes) is 3. The minimum absolute atomic E-state index is 0.0837. The van der Waals surface area contributed by atoms with E-state index < -0.39 is 140 Å². The Kier molecular flexibility index (Phi) is 38.1. The second kappa shape index (κ2) is 41.9. The average Bonchev–Trinajstić information content (AvgIpc) is 3.36. The number of esters is 3. The molecule has 0 aliphatic carbocycles. The van der Waals surface area contributed by atoms with Crippen molar-refractivity contribution in [1.29, 1.82) is 0 Å². The lowest BCUT2D eigenvalue weighted by molar-refractivity contribution is -0.155. The maximum absolute atomic E-state index is 12.8. The van der Waals surface area contributed by atoms with Gasteiger partial charge in [0.05, 0.1) is 100 Å². The van der Waals surface area contributed by atoms with Crippen LogP contribution in [0.15, 0.2) is 0 Å². The molecule has 10 N–H and O–H groups in total. The van der Waals surface area contributed by atoms with Crippen LogP contribution >= 0.6 is 0 Å². The Hall–Kier alpha value is -7.13. The number of nitrogens with one attached hydrogen (secondary N) is 4. The van der Waals surface area contributed by atoms with E-state index in [0.29, 0.717) is 12.8 Å². The lowest BCUT2D eigenvalue weighted by Gasteiger charge is -2.34. The monoisotopic (exact) mass is 1150 g/mol. The normalized spacial score (nSPS) is 13.0. The number of methoxy groups -OCH3 is 3. The molecule has 80 heavy (non-hydrogen) atoms. The van der Waals surface area contributed by atoms with E-state index in [0.717, 1.165) is 31.1 Å². The van der Waals surface area contributed by atoms with Gasteiger partial charge < -0.3 is 80.3 Å². The molecule has 0 bridgehead atoms. The molecular weight excluding hydrogens is 1070 g/mol. The predicted molar refractivity (Wildman–Crippen MR) is 271 cm³/mol. The van der Waals surface area contributed by atoms with Crippen LogP contribution in [-0.2, 0) is 90.8 Å². The number of carboxylic acids is 6. The van der Waals surface area contributed by atoms with Crippen LogP contribution in [0.25, 0.3) is 0 Å². The number of rotatable bonds is 49. The van der Waals surface area contributed by atoms with Gasteiger partial charge in [-0.05, 0) is 57.8 Å². The van der Waals surface area contributed by atoms with E-state index in [4.69, 9.17) is 39.4 Å². The smallest absolute Gasteiger partial charge is 0.323 e. The minimum atomic E-state index is -1.45. The van der Waals surface area contributed by atoms with Gasteiger partial charge in [0.25, 0.3) is 0 Å². The third kappa shape index (κ3) is 34.7. The summed E-state index contributed by atoms with van der Waals surface area (Å²) in [6.45, 7) is -3.99. The number of carboxylic acid groups (broad SMARTS) is 6. The van der Waals surface area contributed by atoms with Gasteiger partial charge in [-0.15, -0.1) is 0 Å². The molecule has 32 heteroatoms. The van der Waals surface area contributed by atoms with E-state index >= 15 is 0 Å². The summed E-state index contributed by atoms with van der Waals surface area (Å²) in [4.78, 5) is 159. The van der Waals surface area contributed by atoms with Crippen molar-refractivity contribution in [2.45, 2.75) is 108 Å². The molecule has 456 valence electrons. The van der Waals surface area contributed by atoms with E-state index in [1.807, 2.05) is 0 Å². The molecule has 0 aliphatic rings. The van der Waals surface area contributed by atoms with Crippen molar-refractivity contribution >= 4 is 77.4 Å². The van der Waals surface area contributed by atoms with Crippen molar-refractivity contribution in [3.63, 3.8) is 0 Å². The zero-order valence-electron chi connectivity index (χ0n) is 45.6. The highest BCUT2D eigenvalue weighted by molar-refractivity contribution is 5.81. The van der Waals surface area contributed by atoms with Crippen LogP contribution in [0.1, 0.15) is 84.0 Å². The van der Waals surface area contributed by atoms with Crippen molar-refractivity contribution in [3.8, 4) is 0 Å². The lowest BCUT2D eigenvalue weighted by atomic mass is 10.0. The number of hydrogen-bond donors (Lipinski definition) is 10. The molecular formula is C48H79N7O25. The van der Waals surface area contributed by atoms with Gasteiger partial charge in [-0.2, -0.15) is 0 Å². The first-order valence-electron chi connectivity index (χ1n) is 25.4. The highest BCUT2D eigenvalue weighted by Gasteiger charge is 2.35. The maximum atomic E-state index is 12.8. The standard InChI is InChI=1S/C48H79N7O25/c1-32(56)52-48(29-78-20-14-36(57)49-17-8-5-11-33(45(70)71)53(23-39(60)61)24-40(62)63,30-79-21-15-37(58)50-18-9-6-12-34(46(72)73)54(25-41(64)65)26-42(66)67)31-80-22-16-38(59)51-19-10-7-13-35(47(74)77-4)55(27-43(68)75-2)28-44(69)76-3/h33-35H,5-31H2,1-4H3,(H,49,57)(H,50,58)(H,51,59)(H,52,56)(H,60,61)(H,62,63)(H,64,65)(H,66,67)(H,70,71)(H,72,73). The molecule has 4 amide bonds. The molecule has 0 spiro atoms. The summed E-state index contributed by atoms with van der Waals surface area (Å²) in [5.74, 6) is -12.5. The molecule has 0 saturated carbocycles. The van der Waals surface area contributed by atoms with E-state index in [9.17, 15) is 72.5 Å². The van der Waals surface area contributed by atoms with Crippen molar-refractivity contribution in [2.24, 2.45) is 0 Å². The summed E-state index contributed by atoms with van der Waals surface area (Å²) in [5, 5.41) is 66.4. The molecule has 0 aromatic carbocycles. The van der Waals surface area contributed by atoms with Crippen LogP contribution in [0.5, 0.6) is 0 Å². The number of carbonyl (C=O) groups excluding carboxylic acids is 7. The zero-order chi connectivity index (χ0) is 60.6. The Morgan fingerprint density at radius 2 is 0.725 bits per heavy atom. The van der Waals surface area contributed by atoms with Gasteiger partial charge in [0.1, 0.15) is 23.7 Å². The van der Waals surface area contributed by atoms with Gasteiger partial charge in [-0.25, -0.2) is 0 Å². The first kappa shape index (κ1) is 72.9. The largest absolute Gasteiger partial charge is 0.480 e. The second-order valence-corrected chi connectivity index (χ2v) is 18.1. The maximum Gasteiger partial charge on any atom is 0.323 e. The first-order chi connectivity index (χ1) is 37.8. The van der Waals surface area contributed by atoms with Gasteiger partial charge in [0, 0.05) is 45.8 Å². The van der Waals surface area contributed by atoms with E-state index in [1.54, 1.807) is 0 Å². The van der Waals surface area contributed by atoms with Crippen molar-refractivity contribution in [2.75, 3.05) is 120 Å². The van der Waals surface area contributed by atoms with Crippen molar-refractivity contribution < 1.29 is 121 Å². The second-order valence-electron chi connectivity index (χ2n) is 18.1. The number of amides is 4. The molecule has 0 fully saturated rings. The Morgan fingerprint density at radius 3 is 0.988 bits per heavy atom. The first-order valence-corrected chi connectivity index (χ1v) is 25.4. The lowest BCUT2D eigenvalue weighted by Crippen LogP contribution is -2.58. The van der Waals surface area contributed by atoms with E-state index in [-0.39, 0.29) is 123 Å². The number of nitrogens with zero attached hydrogens (tertiary/aromatic N) is 3. The Balaban J connectivity index is 5.65. The number of aliphatic carboxylic acids is 6. The highest BCUT2D eigenvalue weighted by Crippen LogP contribution is 2.15. The van der Waals surface area contributed by atoms with Crippen LogP contribution in [0.2, 0.25) is 0 Å². The van der Waals surface area contributed by atoms with Gasteiger partial charge >= 0.3 is 53.7 Å². The summed E-state index contributed by atoms with van der Waals surface area (Å²) in [6, 6.07) is -3.81. The predicted octanol–water partition coefficient (Wildman–Crippen LogP) is -3.02. The fraction of sp³-hybridized carbons (Fsp3) is 0.729. The summed E-state index contributed by atoms with van der Waals surface area (Å²) >= 11 is 0. The summed E-state index contributed by atoms with van der Waals surface area (Å²) in [7, 11) is 3.45. The number of carbonyl (C=O) groups is 13. The highest BCUT2D eigenvalue weighted by atomic mass is 16.5. The van der Waals surface area contributed by atoms with Gasteiger partial charge in [0.2, 0.25) is 23.6 Å². The third-order valence-electron chi connectivity index (χ3n) is 11.5. The fourth-order valence-corrected chi connectivity index (χ4v) is 7.74. The fourth-order valence-electron chi connectivity index (χ4n) is 7.74. The zero-order valence-corrected chi connectivity index (χ0v) is 45.6. The van der Waals surface area contributed by atoms with Crippen molar-refractivity contribution in [3.05, 3.63) is 0 Å². The molecule has 3 unspecified atom stereocenters. The van der Waals surface area contributed by atoms with Crippen molar-refractivity contribution in [1.82, 2.24) is 36.0 Å². The summed E-state index contributed by atoms with van der Waals surface area (Å²) in [5.41, 5.74) is -1.45. The summed E-state index contributed by atoms with van der Waals surface area (Å²) in [6.07, 6.45) is 1.02. The number of hydrogen-bond acceptors (Lipinski definition) is 22. The topological polar surface area (TPSA) is 457 Å². The summed E-state index contributed by atoms with van der Waals surface area (Å²) < 4.78 is 31.7. The van der Waals surface area contributed by atoms with Gasteiger partial charge in [-0.1, -0.05) is 0 Å². The quantitative estimate of drug-likeness (QED) is 0.0165. The van der Waals surface area contributed by atoms with Crippen LogP contribution in [-0.4, -0.2) is 266 Å². The van der Waals surface area contributed by atoms with Gasteiger partial charge in [-0.3, -0.25) is 77.0 Å². The Bertz CT molecular complexity index is 1890. The number of ether oxygens (including phenoxy) is 6.